The van der Waals surface area contributed by atoms with Crippen LogP contribution in [0.1, 0.15) is 49.1 Å². The fourth-order valence-electron chi connectivity index (χ4n) is 3.14. The van der Waals surface area contributed by atoms with Crippen LogP contribution in [0.2, 0.25) is 0 Å². The van der Waals surface area contributed by atoms with Gasteiger partial charge in [-0.1, -0.05) is 24.3 Å². The van der Waals surface area contributed by atoms with E-state index in [4.69, 9.17) is 5.73 Å². The Morgan fingerprint density at radius 3 is 2.47 bits per heavy atom. The van der Waals surface area contributed by atoms with E-state index in [1.54, 1.807) is 5.56 Å². The van der Waals surface area contributed by atoms with Gasteiger partial charge < -0.3 is 5.73 Å². The van der Waals surface area contributed by atoms with Crippen molar-refractivity contribution in [2.24, 2.45) is 5.73 Å². The highest BCUT2D eigenvalue weighted by atomic mass is 32.2. The summed E-state index contributed by atoms with van der Waals surface area (Å²) in [5.74, 6) is 3.39. The number of thioether (sulfide) groups is 1. The van der Waals surface area contributed by atoms with E-state index in [1.165, 1.54) is 49.2 Å². The van der Waals surface area contributed by atoms with Crippen molar-refractivity contribution in [2.75, 3.05) is 11.5 Å². The lowest BCUT2D eigenvalue weighted by Crippen LogP contribution is -2.44. The lowest BCUT2D eigenvalue weighted by atomic mass is 9.69. The van der Waals surface area contributed by atoms with Gasteiger partial charge in [-0.05, 0) is 60.7 Å². The molecule has 2 heteroatoms. The van der Waals surface area contributed by atoms with Crippen LogP contribution in [0.4, 0.5) is 0 Å². The quantitative estimate of drug-likeness (QED) is 0.863. The van der Waals surface area contributed by atoms with E-state index in [2.05, 4.69) is 36.0 Å². The minimum Gasteiger partial charge on any atom is -0.321 e. The van der Waals surface area contributed by atoms with Gasteiger partial charge in [-0.25, -0.2) is 0 Å². The Balaban J connectivity index is 1.92. The molecule has 0 amide bonds. The highest BCUT2D eigenvalue weighted by Crippen LogP contribution is 2.43. The third kappa shape index (κ3) is 2.13. The van der Waals surface area contributed by atoms with Gasteiger partial charge in [0.1, 0.15) is 0 Å². The summed E-state index contributed by atoms with van der Waals surface area (Å²) in [5.41, 5.74) is 9.53. The third-order valence-corrected chi connectivity index (χ3v) is 5.45. The van der Waals surface area contributed by atoms with Crippen molar-refractivity contribution in [1.82, 2.24) is 0 Å². The fourth-order valence-corrected chi connectivity index (χ4v) is 4.25. The van der Waals surface area contributed by atoms with E-state index in [1.807, 2.05) is 0 Å². The number of rotatable bonds is 2. The fraction of sp³-hybridized carbons (Fsp3) is 0.600. The molecule has 1 aliphatic carbocycles. The first-order chi connectivity index (χ1) is 8.30. The molecule has 2 fully saturated rings. The van der Waals surface area contributed by atoms with E-state index in [9.17, 15) is 0 Å². The first-order valence-electron chi connectivity index (χ1n) is 6.76. The molecule has 1 aliphatic heterocycles. The summed E-state index contributed by atoms with van der Waals surface area (Å²) in [6.07, 6.45) is 6.30. The SMILES string of the molecule is NC1(c2ccccc2C2CCSCC2)CCC1. The molecule has 0 unspecified atom stereocenters. The topological polar surface area (TPSA) is 26.0 Å². The second-order valence-corrected chi connectivity index (χ2v) is 6.71. The molecule has 3 rings (SSSR count). The molecule has 0 aromatic heterocycles. The van der Waals surface area contributed by atoms with E-state index in [0.717, 1.165) is 5.92 Å². The van der Waals surface area contributed by atoms with Crippen LogP contribution < -0.4 is 5.73 Å². The van der Waals surface area contributed by atoms with Gasteiger partial charge in [0.15, 0.2) is 0 Å². The molecule has 2 N–H and O–H groups in total. The number of hydrogen-bond donors (Lipinski definition) is 1. The van der Waals surface area contributed by atoms with Crippen molar-refractivity contribution < 1.29 is 0 Å². The maximum Gasteiger partial charge on any atom is 0.0412 e. The zero-order chi connectivity index (χ0) is 11.7. The summed E-state index contributed by atoms with van der Waals surface area (Å²) in [5, 5.41) is 0. The highest BCUT2D eigenvalue weighted by molar-refractivity contribution is 7.99. The number of benzene rings is 1. The van der Waals surface area contributed by atoms with Crippen LogP contribution in [0.15, 0.2) is 24.3 Å². The molecular formula is C15H21NS. The van der Waals surface area contributed by atoms with E-state index < -0.39 is 0 Å². The molecule has 0 bridgehead atoms. The van der Waals surface area contributed by atoms with Crippen LogP contribution >= 0.6 is 11.8 Å². The smallest absolute Gasteiger partial charge is 0.0412 e. The van der Waals surface area contributed by atoms with Crippen molar-refractivity contribution in [2.45, 2.75) is 43.6 Å². The van der Waals surface area contributed by atoms with Crippen LogP contribution in [0, 0.1) is 0 Å². The summed E-state index contributed by atoms with van der Waals surface area (Å²) in [6.45, 7) is 0. The predicted molar refractivity (Wildman–Crippen MR) is 75.5 cm³/mol. The average Bonchev–Trinajstić information content (AvgIpc) is 2.37. The molecular weight excluding hydrogens is 226 g/mol. The van der Waals surface area contributed by atoms with Crippen molar-refractivity contribution in [1.29, 1.82) is 0 Å². The second-order valence-electron chi connectivity index (χ2n) is 5.48. The average molecular weight is 247 g/mol. The zero-order valence-electron chi connectivity index (χ0n) is 10.3. The van der Waals surface area contributed by atoms with Gasteiger partial charge in [0.2, 0.25) is 0 Å². The second kappa shape index (κ2) is 4.66. The largest absolute Gasteiger partial charge is 0.321 e. The maximum absolute atomic E-state index is 6.53. The molecule has 17 heavy (non-hydrogen) atoms. The van der Waals surface area contributed by atoms with Crippen LogP contribution in [0.25, 0.3) is 0 Å². The van der Waals surface area contributed by atoms with Crippen LogP contribution in [0.5, 0.6) is 0 Å². The van der Waals surface area contributed by atoms with Gasteiger partial charge >= 0.3 is 0 Å². The zero-order valence-corrected chi connectivity index (χ0v) is 11.1. The minimum atomic E-state index is 0.00117. The minimum absolute atomic E-state index is 0.00117. The van der Waals surface area contributed by atoms with Crippen molar-refractivity contribution in [3.8, 4) is 0 Å². The summed E-state index contributed by atoms with van der Waals surface area (Å²) < 4.78 is 0. The van der Waals surface area contributed by atoms with Gasteiger partial charge in [-0.2, -0.15) is 11.8 Å². The third-order valence-electron chi connectivity index (χ3n) is 4.40. The Kier molecular flexibility index (Phi) is 3.18. The lowest BCUT2D eigenvalue weighted by Gasteiger charge is -2.41. The monoisotopic (exact) mass is 247 g/mol. The molecule has 1 nitrogen and oxygen atoms in total. The van der Waals surface area contributed by atoms with Crippen LogP contribution in [0.3, 0.4) is 0 Å². The normalized spacial score (nSPS) is 24.3. The van der Waals surface area contributed by atoms with Gasteiger partial charge in [0.05, 0.1) is 0 Å². The van der Waals surface area contributed by atoms with E-state index >= 15 is 0 Å². The molecule has 1 aromatic carbocycles. The first kappa shape index (κ1) is 11.6. The van der Waals surface area contributed by atoms with E-state index in [0.29, 0.717) is 0 Å². The van der Waals surface area contributed by atoms with Gasteiger partial charge in [-0.15, -0.1) is 0 Å². The Hall–Kier alpha value is -0.470. The van der Waals surface area contributed by atoms with Crippen molar-refractivity contribution in [3.05, 3.63) is 35.4 Å². The summed E-state index contributed by atoms with van der Waals surface area (Å²) in [7, 11) is 0. The van der Waals surface area contributed by atoms with Crippen molar-refractivity contribution >= 4 is 11.8 Å². The Morgan fingerprint density at radius 2 is 1.82 bits per heavy atom. The molecule has 1 heterocycles. The summed E-state index contributed by atoms with van der Waals surface area (Å²) >= 11 is 2.10. The molecule has 0 spiro atoms. The van der Waals surface area contributed by atoms with Crippen LogP contribution in [-0.4, -0.2) is 11.5 Å². The summed E-state index contributed by atoms with van der Waals surface area (Å²) in [4.78, 5) is 0. The maximum atomic E-state index is 6.53. The lowest BCUT2D eigenvalue weighted by molar-refractivity contribution is 0.250. The molecule has 1 aromatic rings. The highest BCUT2D eigenvalue weighted by Gasteiger charge is 2.37. The standard InChI is InChI=1S/C15H21NS/c16-15(8-3-9-15)14-5-2-1-4-13(14)12-6-10-17-11-7-12/h1-2,4-5,12H,3,6-11,16H2. The predicted octanol–water partition coefficient (Wildman–Crippen LogP) is 3.64. The summed E-state index contributed by atoms with van der Waals surface area (Å²) in [6, 6.07) is 8.94. The molecule has 2 aliphatic rings. The Bertz CT molecular complexity index is 392. The first-order valence-corrected chi connectivity index (χ1v) is 7.91. The number of nitrogens with two attached hydrogens (primary N) is 1. The van der Waals surface area contributed by atoms with Gasteiger partial charge in [0, 0.05) is 5.54 Å². The van der Waals surface area contributed by atoms with Crippen molar-refractivity contribution in [3.63, 3.8) is 0 Å². The molecule has 0 radical (unpaired) electrons. The van der Waals surface area contributed by atoms with Crippen LogP contribution in [-0.2, 0) is 5.54 Å². The molecule has 92 valence electrons. The molecule has 1 saturated heterocycles. The van der Waals surface area contributed by atoms with Gasteiger partial charge in [0.25, 0.3) is 0 Å². The Labute approximate surface area is 108 Å². The molecule has 0 atom stereocenters. The number of hydrogen-bond acceptors (Lipinski definition) is 2. The van der Waals surface area contributed by atoms with Gasteiger partial charge in [-0.3, -0.25) is 0 Å². The molecule has 1 saturated carbocycles. The van der Waals surface area contributed by atoms with E-state index in [-0.39, 0.29) is 5.54 Å². The Morgan fingerprint density at radius 1 is 1.12 bits per heavy atom.